The number of fused-ring (bicyclic) bond motifs is 1. The molecule has 0 unspecified atom stereocenters. The first-order chi connectivity index (χ1) is 54.5. The molecule has 2 aromatic heterocycles. The highest BCUT2D eigenvalue weighted by atomic mass is 32.1. The first-order valence-electron chi connectivity index (χ1n) is 35.3. The number of aliphatic hydroxyl groups is 15. The smallest absolute Gasteiger partial charge is 0.327 e. The number of hydrogen-bond acceptors (Lipinski definition) is 36. The van der Waals surface area contributed by atoms with Gasteiger partial charge in [-0.2, -0.15) is 17.6 Å². The highest BCUT2D eigenvalue weighted by Gasteiger charge is 2.38. The molecule has 2 heterocycles. The Bertz CT molecular complexity index is 3870. The number of aromatic amines is 1. The average molecular weight is 1680 g/mol. The fourth-order valence-corrected chi connectivity index (χ4v) is 10.5. The second kappa shape index (κ2) is 50.0. The fourth-order valence-electron chi connectivity index (χ4n) is 10.3. The van der Waals surface area contributed by atoms with Crippen LogP contribution < -0.4 is 69.8 Å². The van der Waals surface area contributed by atoms with Crippen LogP contribution in [0.2, 0.25) is 0 Å². The summed E-state index contributed by atoms with van der Waals surface area (Å²) in [6, 6.07) is -9.01. The largest absolute Gasteiger partial charge is 0.481 e. The number of aromatic nitrogens is 4. The molecule has 0 saturated carbocycles. The van der Waals surface area contributed by atoms with Crippen LogP contribution in [0.5, 0.6) is 0 Å². The van der Waals surface area contributed by atoms with E-state index in [2.05, 4.69) is 85.7 Å². The zero-order valence-electron chi connectivity index (χ0n) is 61.5. The third-order valence-electron chi connectivity index (χ3n) is 17.1. The summed E-state index contributed by atoms with van der Waals surface area (Å²) in [5.74, 6) is -20.5. The molecule has 50 nitrogen and oxygen atoms in total. The first-order valence-corrected chi connectivity index (χ1v) is 36.0. The van der Waals surface area contributed by atoms with Crippen LogP contribution in [-0.2, 0) is 68.9 Å². The van der Waals surface area contributed by atoms with Crippen molar-refractivity contribution in [3.63, 3.8) is 0 Å². The fraction of sp³-hybridized carbons (Fsp3) is 0.600. The van der Waals surface area contributed by atoms with Gasteiger partial charge in [-0.05, 0) is 62.8 Å². The van der Waals surface area contributed by atoms with Crippen LogP contribution in [-0.4, -0.2) is 361 Å². The minimum atomic E-state index is -2.25. The summed E-state index contributed by atoms with van der Waals surface area (Å²) in [5.41, 5.74) is 5.35. The summed E-state index contributed by atoms with van der Waals surface area (Å²) in [4.78, 5) is 214. The number of carboxylic acid groups (broad SMARTS) is 4. The Balaban J connectivity index is 2.05. The molecule has 0 radical (unpaired) electrons. The van der Waals surface area contributed by atoms with Gasteiger partial charge < -0.3 is 161 Å². The summed E-state index contributed by atoms with van der Waals surface area (Å²) in [7, 11) is 0. The minimum absolute atomic E-state index is 0.00179. The Morgan fingerprint density at radius 3 is 1.09 bits per heavy atom. The highest BCUT2D eigenvalue weighted by molar-refractivity contribution is 7.80. The Kier molecular flexibility index (Phi) is 42.9. The molecule has 0 fully saturated rings. The van der Waals surface area contributed by atoms with E-state index >= 15 is 0 Å². The van der Waals surface area contributed by atoms with E-state index in [0.717, 1.165) is 0 Å². The number of aliphatic carboxylic acids is 4. The number of thiol groups is 1. The third kappa shape index (κ3) is 34.0. The molecule has 3 aromatic rings. The van der Waals surface area contributed by atoms with Crippen LogP contribution in [0.3, 0.4) is 0 Å². The van der Waals surface area contributed by atoms with Gasteiger partial charge in [0.2, 0.25) is 59.1 Å². The number of H-pyrrole nitrogens is 1. The van der Waals surface area contributed by atoms with E-state index in [1.54, 1.807) is 0 Å². The van der Waals surface area contributed by atoms with Crippen molar-refractivity contribution in [2.24, 2.45) is 0 Å². The third-order valence-corrected chi connectivity index (χ3v) is 17.5. The van der Waals surface area contributed by atoms with E-state index in [1.165, 1.54) is 30.5 Å². The minimum Gasteiger partial charge on any atom is -0.481 e. The maximum Gasteiger partial charge on any atom is 0.327 e. The molecule has 0 aliphatic carbocycles. The van der Waals surface area contributed by atoms with Gasteiger partial charge in [0.1, 0.15) is 97.2 Å². The summed E-state index contributed by atoms with van der Waals surface area (Å²) in [6.45, 7) is -5.97. The van der Waals surface area contributed by atoms with E-state index in [0.29, 0.717) is 5.69 Å². The molecule has 33 N–H and O–H groups in total. The van der Waals surface area contributed by atoms with Gasteiger partial charge in [-0.25, -0.2) is 19.6 Å². The zero-order chi connectivity index (χ0) is 87.4. The predicted molar refractivity (Wildman–Crippen MR) is 391 cm³/mol. The molecule has 648 valence electrons. The number of carbonyl (C=O) groups excluding carboxylic acids is 10. The zero-order valence-corrected chi connectivity index (χ0v) is 62.4. The molecule has 0 aliphatic rings. The van der Waals surface area contributed by atoms with Crippen molar-refractivity contribution in [2.75, 3.05) is 56.3 Å². The van der Waals surface area contributed by atoms with Crippen LogP contribution >= 0.6 is 12.6 Å². The van der Waals surface area contributed by atoms with Crippen molar-refractivity contribution in [1.29, 1.82) is 0 Å². The van der Waals surface area contributed by atoms with E-state index in [9.17, 15) is 164 Å². The summed E-state index contributed by atoms with van der Waals surface area (Å²) in [6.07, 6.45) is -34.8. The Labute approximate surface area is 660 Å². The van der Waals surface area contributed by atoms with E-state index < -0.39 is 326 Å². The number of rotatable bonds is 55. The molecular weight excluding hydrogens is 1580 g/mol. The molecule has 0 saturated heterocycles. The van der Waals surface area contributed by atoms with E-state index in [4.69, 9.17) is 10.8 Å². The number of amides is 10. The second-order valence-electron chi connectivity index (χ2n) is 26.1. The molecule has 10 amide bonds. The van der Waals surface area contributed by atoms with Crippen LogP contribution in [0.1, 0.15) is 93.1 Å². The quantitative estimate of drug-likeness (QED) is 0.0233. The van der Waals surface area contributed by atoms with Crippen molar-refractivity contribution in [2.45, 2.75) is 199 Å². The molecule has 116 heavy (non-hydrogen) atoms. The number of nitrogens with one attached hydrogen (secondary N) is 12. The van der Waals surface area contributed by atoms with Gasteiger partial charge in [-0.3, -0.25) is 67.3 Å². The summed E-state index contributed by atoms with van der Waals surface area (Å²) < 4.78 is 0. The molecule has 19 atom stereocenters. The van der Waals surface area contributed by atoms with Crippen LogP contribution in [0.4, 0.5) is 11.6 Å². The number of anilines is 2. The number of hydrogen-bond donors (Lipinski definition) is 33. The van der Waals surface area contributed by atoms with Crippen molar-refractivity contribution >= 4 is 118 Å². The van der Waals surface area contributed by atoms with Gasteiger partial charge in [0.15, 0.2) is 11.2 Å². The van der Waals surface area contributed by atoms with Crippen molar-refractivity contribution in [1.82, 2.24) is 73.1 Å². The molecule has 0 aliphatic heterocycles. The molecule has 0 bridgehead atoms. The number of nitrogens with two attached hydrogens (primary N) is 1. The Hall–Kier alpha value is -10.6. The van der Waals surface area contributed by atoms with Gasteiger partial charge in [0, 0.05) is 75.2 Å². The normalized spacial score (nSPS) is 16.3. The van der Waals surface area contributed by atoms with Crippen LogP contribution in [0, 0.1) is 0 Å². The summed E-state index contributed by atoms with van der Waals surface area (Å²) in [5, 5.41) is 212. The van der Waals surface area contributed by atoms with Gasteiger partial charge >= 0.3 is 23.9 Å². The highest BCUT2D eigenvalue weighted by Crippen LogP contribution is 2.16. The lowest BCUT2D eigenvalue weighted by atomic mass is 10.0. The topological polar surface area (TPSA) is 853 Å². The van der Waals surface area contributed by atoms with Gasteiger partial charge in [0.05, 0.1) is 56.6 Å². The second-order valence-corrected chi connectivity index (χ2v) is 26.4. The van der Waals surface area contributed by atoms with E-state index in [-0.39, 0.29) is 34.9 Å². The van der Waals surface area contributed by atoms with Crippen molar-refractivity contribution < 1.29 is 164 Å². The molecule has 0 spiro atoms. The SMILES string of the molecule is Nc1nc2ncc(CNc3ccc(C(=O)N[C@H](CCC(=O)N[C@@H](CCC(=O)NC[C@H](O)[C@@H](O)[C@H](O)[C@H](O)CO)C(=O)N[C@H](CCC(=O)O)C(=O)N[C@@H](CCC(=O)NC[C@H](O)[C@@H](O)[C@H](O)[C@H](O)CO)C(=O)N[C@H](CCC(=O)O)C(=O)N[C@@H](CCC(=O)NC[C@H](O)[C@@H](O)[C@H](O)[C@H](O)CO)C(=O)N[C@H](CS)C(=O)O)C(=O)O)cc3)nc2c(=O)[nH]1. The number of nitrogen functional groups attached to an aromatic ring is 1. The van der Waals surface area contributed by atoms with Crippen LogP contribution in [0.25, 0.3) is 11.2 Å². The average Bonchev–Trinajstić information content (AvgIpc) is 0.810. The molecule has 51 heteroatoms. The summed E-state index contributed by atoms with van der Waals surface area (Å²) >= 11 is 3.87. The molecule has 3 rings (SSSR count). The molecular formula is C65H98N16O34S. The van der Waals surface area contributed by atoms with Gasteiger partial charge in [-0.15, -0.1) is 0 Å². The van der Waals surface area contributed by atoms with Gasteiger partial charge in [0.25, 0.3) is 11.5 Å². The Morgan fingerprint density at radius 1 is 0.414 bits per heavy atom. The van der Waals surface area contributed by atoms with Crippen molar-refractivity contribution in [3.8, 4) is 0 Å². The van der Waals surface area contributed by atoms with Crippen LogP contribution in [0.15, 0.2) is 35.3 Å². The number of carboxylic acids is 4. The lowest BCUT2D eigenvalue weighted by molar-refractivity contribution is -0.142. The molecule has 1 aromatic carbocycles. The maximum atomic E-state index is 14.6. The number of nitrogens with zero attached hydrogens (tertiary/aromatic N) is 3. The number of carbonyl (C=O) groups is 14. The predicted octanol–water partition coefficient (Wildman–Crippen LogP) is -14.5. The monoisotopic (exact) mass is 1680 g/mol. The lowest BCUT2D eigenvalue weighted by Gasteiger charge is -2.28. The number of benzene rings is 1. The van der Waals surface area contributed by atoms with E-state index in [1.807, 2.05) is 5.32 Å². The standard InChI is InChI=1S/C65H98N16O34S/c66-65-80-55-48(62(111)81-65)72-28(18-71-55)17-67-27-3-1-26(2-4-27)56(105)78-34(63(112)113)8-14-45(94)73-29(5-11-42(91)68-19-36(85)49(99)52(102)39(88)22-82)57(106)76-32(9-15-46(95)96)59(108)74-30(6-12-43(92)69-20-37(86)50(100)53(103)40(89)23-83)58(107)77-33(10-16-47(97)98)60(109)75-31(61(110)79-35(25-116)64(114)115)7-13-44(93)70-21-38(87)51(101)54(104)41(90)24-84/h1-4,18,29-41,49-54,67,82-90,99-104,116H,5-17,19-25H2,(H,68,91)(H,69,92)(H,70,93)(H,73,94)(H,74,108)(H,75,109)(H,76,106)(H,77,107)(H,78,105)(H,79,110)(H,95,96)(H,97,98)(H,112,113)(H,114,115)(H3,66,71,80,81,111)/t29-,30-,31-,32+,33+,34+,35+,36-,37-,38-,39+,40+,41+,49+,50+,51+,52+,53+,54+/m0/s1. The first kappa shape index (κ1) is 99.6. The lowest BCUT2D eigenvalue weighted by Crippen LogP contribution is -2.59. The number of aliphatic hydroxyl groups excluding tert-OH is 15. The Morgan fingerprint density at radius 2 is 0.741 bits per heavy atom. The van der Waals surface area contributed by atoms with Gasteiger partial charge in [-0.1, -0.05) is 0 Å². The van der Waals surface area contributed by atoms with Crippen molar-refractivity contribution in [3.05, 3.63) is 52.1 Å². The maximum absolute atomic E-state index is 14.6.